The van der Waals surface area contributed by atoms with Crippen LogP contribution in [0.5, 0.6) is 0 Å². The van der Waals surface area contributed by atoms with Crippen molar-refractivity contribution in [1.82, 2.24) is 0 Å². The van der Waals surface area contributed by atoms with Crippen molar-refractivity contribution < 1.29 is 122 Å². The molecule has 0 saturated carbocycles. The molecule has 1 N–H and O–H groups in total. The van der Waals surface area contributed by atoms with E-state index in [0.29, 0.717) is 0 Å². The molecule has 18 heavy (non-hydrogen) atoms. The van der Waals surface area contributed by atoms with Crippen LogP contribution in [0.3, 0.4) is 0 Å². The molecule has 0 bridgehead atoms. The molecule has 0 saturated heterocycles. The molecule has 0 aromatic rings. The minimum atomic E-state index is -5.18. The number of rotatable bonds is 6. The van der Waals surface area contributed by atoms with E-state index in [1.54, 1.807) is 0 Å². The summed E-state index contributed by atoms with van der Waals surface area (Å²) < 4.78 is 25.2. The summed E-state index contributed by atoms with van der Waals surface area (Å²) in [4.78, 5) is 31.2. The second-order valence-electron chi connectivity index (χ2n) is 3.02. The topological polar surface area (TPSA) is 133 Å². The molecule has 12 heteroatoms. The second-order valence-corrected chi connectivity index (χ2v) is 6.85. The van der Waals surface area contributed by atoms with Crippen LogP contribution in [0.2, 0.25) is 0 Å². The molecular weight excluding hydrogens is 315 g/mol. The first-order valence-corrected chi connectivity index (χ1v) is 7.28. The van der Waals surface area contributed by atoms with Crippen LogP contribution < -0.4 is 103 Å². The van der Waals surface area contributed by atoms with Gasteiger partial charge in [0.15, 0.2) is 0 Å². The maximum atomic E-state index is 10.9. The first kappa shape index (κ1) is 29.1. The Morgan fingerprint density at radius 1 is 1.28 bits per heavy atom. The average molecular weight is 326 g/mol. The Labute approximate surface area is 172 Å². The van der Waals surface area contributed by atoms with Crippen molar-refractivity contribution in [3.8, 4) is 0 Å². The number of aliphatic hydroxyl groups excluding tert-OH is 1. The molecule has 0 radical (unpaired) electrons. The van der Waals surface area contributed by atoms with E-state index in [-0.39, 0.29) is 94.2 Å². The molecule has 7 nitrogen and oxygen atoms in total. The summed E-state index contributed by atoms with van der Waals surface area (Å²) in [6.07, 6.45) is -1.22. The summed E-state index contributed by atoms with van der Waals surface area (Å²) in [5, 5.41) is 9.08. The van der Waals surface area contributed by atoms with Crippen LogP contribution in [0.25, 0.3) is 0 Å². The Balaban J connectivity index is -0.000000327. The van der Waals surface area contributed by atoms with Crippen LogP contribution in [-0.2, 0) is 13.7 Å². The van der Waals surface area contributed by atoms with Gasteiger partial charge in [-0.25, -0.2) is 0 Å². The van der Waals surface area contributed by atoms with E-state index in [2.05, 4.69) is 11.1 Å². The van der Waals surface area contributed by atoms with E-state index in [1.807, 2.05) is 0 Å². The van der Waals surface area contributed by atoms with Gasteiger partial charge in [-0.2, -0.15) is 0 Å². The monoisotopic (exact) mass is 326 g/mol. The van der Waals surface area contributed by atoms with Gasteiger partial charge in [-0.15, -0.1) is 0 Å². The molecule has 0 aliphatic rings. The van der Waals surface area contributed by atoms with Crippen LogP contribution in [0.15, 0.2) is 12.2 Å². The van der Waals surface area contributed by atoms with Crippen molar-refractivity contribution in [3.05, 3.63) is 12.2 Å². The van der Waals surface area contributed by atoms with Crippen LogP contribution in [0.1, 0.15) is 6.92 Å². The van der Waals surface area contributed by atoms with Gasteiger partial charge in [0.2, 0.25) is 0 Å². The smallest absolute Gasteiger partial charge is 0.810 e. The van der Waals surface area contributed by atoms with Crippen molar-refractivity contribution in [2.24, 2.45) is 0 Å². The van der Waals surface area contributed by atoms with Gasteiger partial charge in [-0.05, 0) is 12.5 Å². The maximum Gasteiger partial charge on any atom is 1.00 e. The fraction of sp³-hybridized carbons (Fsp3) is 0.667. The van der Waals surface area contributed by atoms with Crippen LogP contribution in [0, 0.1) is 0 Å². The van der Waals surface area contributed by atoms with Gasteiger partial charge in [0, 0.05) is 5.90 Å². The quantitative estimate of drug-likeness (QED) is 0.291. The third-order valence-corrected chi connectivity index (χ3v) is 4.66. The molecule has 90 valence electrons. The Kier molecular flexibility index (Phi) is 20.2. The van der Waals surface area contributed by atoms with Crippen molar-refractivity contribution in [3.63, 3.8) is 0 Å². The third-order valence-electron chi connectivity index (χ3n) is 1.34. The van der Waals surface area contributed by atoms with Gasteiger partial charge < -0.3 is 33.4 Å². The van der Waals surface area contributed by atoms with Crippen molar-refractivity contribution in [2.75, 3.05) is 12.5 Å². The van der Waals surface area contributed by atoms with E-state index >= 15 is 0 Å². The summed E-state index contributed by atoms with van der Waals surface area (Å²) in [5.74, 6) is -1.59. The SMILES string of the molecule is C=C(C)C(O)COP(=O)([O-])CP(=O)([O-])[O-].[Na+].[Na+].[Na+]. The molecule has 0 amide bonds. The molecule has 0 aliphatic carbocycles. The largest absolute Gasteiger partial charge is 1.00 e. The Bertz CT molecular complexity index is 331. The molecule has 2 atom stereocenters. The number of hydrogen-bond acceptors (Lipinski definition) is 7. The number of aliphatic hydroxyl groups is 1. The Hall–Kier alpha value is 3.00. The molecule has 0 aliphatic heterocycles. The zero-order chi connectivity index (χ0) is 12.3. The van der Waals surface area contributed by atoms with Crippen molar-refractivity contribution >= 4 is 15.2 Å². The van der Waals surface area contributed by atoms with Gasteiger partial charge in [-0.3, -0.25) is 0 Å². The standard InChI is InChI=1S/C6H14O7P2.3Na/c1-5(2)6(7)3-13-15(11,12)4-14(8,9)10;;;/h6-7H,1,3-4H2,2H3,(H,11,12)(H2,8,9,10);;;/q;3*+1/p-3. The van der Waals surface area contributed by atoms with Crippen molar-refractivity contribution in [1.29, 1.82) is 0 Å². The summed E-state index contributed by atoms with van der Waals surface area (Å²) >= 11 is 0. The second kappa shape index (κ2) is 12.5. The Morgan fingerprint density at radius 2 is 1.67 bits per heavy atom. The summed E-state index contributed by atoms with van der Waals surface area (Å²) in [6.45, 7) is 4.13. The van der Waals surface area contributed by atoms with Gasteiger partial charge in [0.25, 0.3) is 0 Å². The van der Waals surface area contributed by atoms with Crippen LogP contribution in [-0.4, -0.2) is 23.7 Å². The molecule has 0 spiro atoms. The average Bonchev–Trinajstić information content (AvgIpc) is 1.95. The minimum Gasteiger partial charge on any atom is -0.810 e. The molecule has 2 unspecified atom stereocenters. The minimum absolute atomic E-state index is 0. The first-order chi connectivity index (χ1) is 6.53. The zero-order valence-corrected chi connectivity index (χ0v) is 18.8. The normalized spacial score (nSPS) is 15.2. The van der Waals surface area contributed by atoms with Gasteiger partial charge in [-0.1, -0.05) is 14.2 Å². The summed E-state index contributed by atoms with van der Waals surface area (Å²) in [6, 6.07) is 0. The molecule has 0 aromatic heterocycles. The third kappa shape index (κ3) is 17.1. The van der Waals surface area contributed by atoms with Crippen molar-refractivity contribution in [2.45, 2.75) is 13.0 Å². The van der Waals surface area contributed by atoms with Gasteiger partial charge in [0.05, 0.1) is 12.7 Å². The van der Waals surface area contributed by atoms with Gasteiger partial charge in [0.1, 0.15) is 7.60 Å². The molecule has 0 rings (SSSR count). The molecule has 0 heterocycles. The fourth-order valence-corrected chi connectivity index (χ4v) is 2.97. The molecular formula is C6H11Na3O7P2. The Morgan fingerprint density at radius 3 is 1.94 bits per heavy atom. The maximum absolute atomic E-state index is 10.9. The number of hydrogen-bond donors (Lipinski definition) is 1. The summed E-state index contributed by atoms with van der Waals surface area (Å²) in [7, 11) is -9.92. The zero-order valence-electron chi connectivity index (χ0n) is 11.0. The van der Waals surface area contributed by atoms with E-state index in [0.717, 1.165) is 0 Å². The predicted octanol–water partition coefficient (Wildman–Crippen LogP) is -10.6. The van der Waals surface area contributed by atoms with E-state index in [9.17, 15) is 23.8 Å². The summed E-state index contributed by atoms with van der Waals surface area (Å²) in [5.41, 5.74) is 0.266. The van der Waals surface area contributed by atoms with Gasteiger partial charge >= 0.3 is 88.7 Å². The fourth-order valence-electron chi connectivity index (χ4n) is 0.579. The van der Waals surface area contributed by atoms with E-state index in [1.165, 1.54) is 6.92 Å². The van der Waals surface area contributed by atoms with Crippen LogP contribution in [0.4, 0.5) is 0 Å². The van der Waals surface area contributed by atoms with E-state index < -0.39 is 33.8 Å². The predicted molar refractivity (Wildman–Crippen MR) is 46.9 cm³/mol. The first-order valence-electron chi connectivity index (χ1n) is 3.83. The molecule has 0 aromatic carbocycles. The van der Waals surface area contributed by atoms with E-state index in [4.69, 9.17) is 5.11 Å². The molecule has 0 fully saturated rings. The van der Waals surface area contributed by atoms with Crippen LogP contribution >= 0.6 is 15.2 Å².